The van der Waals surface area contributed by atoms with Gasteiger partial charge >= 0.3 is 5.97 Å². The molecule has 1 atom stereocenters. The van der Waals surface area contributed by atoms with Crippen LogP contribution in [-0.2, 0) is 11.3 Å². The van der Waals surface area contributed by atoms with Crippen LogP contribution in [0, 0.1) is 11.7 Å². The normalized spacial score (nSPS) is 12.7. The summed E-state index contributed by atoms with van der Waals surface area (Å²) < 4.78 is 13.3. The van der Waals surface area contributed by atoms with E-state index < -0.39 is 5.97 Å². The average molecular weight is 239 g/mol. The van der Waals surface area contributed by atoms with Gasteiger partial charge in [-0.05, 0) is 12.0 Å². The zero-order chi connectivity index (χ0) is 12.8. The fraction of sp³-hybridized carbons (Fsp3) is 0.462. The maximum Gasteiger partial charge on any atom is 0.304 e. The van der Waals surface area contributed by atoms with E-state index in [2.05, 4.69) is 5.32 Å². The lowest BCUT2D eigenvalue weighted by Gasteiger charge is -2.20. The summed E-state index contributed by atoms with van der Waals surface area (Å²) in [6.07, 6.45) is 0.0477. The van der Waals surface area contributed by atoms with Gasteiger partial charge in [-0.25, -0.2) is 4.39 Å². The molecule has 0 bridgehead atoms. The highest BCUT2D eigenvalue weighted by Gasteiger charge is 2.16. The first-order valence-corrected chi connectivity index (χ1v) is 5.69. The number of nitrogens with one attached hydrogen (secondary N) is 1. The van der Waals surface area contributed by atoms with Crippen molar-refractivity contribution in [3.8, 4) is 0 Å². The molecule has 1 aromatic carbocycles. The van der Waals surface area contributed by atoms with Crippen LogP contribution in [0.3, 0.4) is 0 Å². The Morgan fingerprint density at radius 1 is 1.41 bits per heavy atom. The van der Waals surface area contributed by atoms with Crippen LogP contribution >= 0.6 is 0 Å². The predicted molar refractivity (Wildman–Crippen MR) is 64.1 cm³/mol. The van der Waals surface area contributed by atoms with Gasteiger partial charge in [0.05, 0.1) is 6.42 Å². The maximum absolute atomic E-state index is 13.3. The lowest BCUT2D eigenvalue weighted by molar-refractivity contribution is -0.137. The number of carboxylic acid groups (broad SMARTS) is 1. The lowest BCUT2D eigenvalue weighted by Crippen LogP contribution is -2.35. The minimum atomic E-state index is -0.843. The Morgan fingerprint density at radius 2 is 2.06 bits per heavy atom. The number of carboxylic acids is 1. The number of hydrogen-bond acceptors (Lipinski definition) is 2. The summed E-state index contributed by atoms with van der Waals surface area (Å²) in [5, 5.41) is 11.9. The van der Waals surface area contributed by atoms with Crippen molar-refractivity contribution in [1.29, 1.82) is 0 Å². The van der Waals surface area contributed by atoms with E-state index in [9.17, 15) is 9.18 Å². The molecule has 94 valence electrons. The first-order chi connectivity index (χ1) is 8.00. The van der Waals surface area contributed by atoms with E-state index in [1.165, 1.54) is 6.07 Å². The lowest BCUT2D eigenvalue weighted by atomic mass is 10.0. The second kappa shape index (κ2) is 6.35. The standard InChI is InChI=1S/C13H18FNO2/c1-9(2)12(7-13(16)17)15-8-10-5-3-4-6-11(10)14/h3-6,9,12,15H,7-8H2,1-2H3,(H,16,17)/t12-/m1/s1. The van der Waals surface area contributed by atoms with E-state index in [1.54, 1.807) is 18.2 Å². The van der Waals surface area contributed by atoms with E-state index in [-0.39, 0.29) is 24.2 Å². The summed E-state index contributed by atoms with van der Waals surface area (Å²) in [6, 6.07) is 6.35. The molecule has 0 saturated heterocycles. The monoisotopic (exact) mass is 239 g/mol. The topological polar surface area (TPSA) is 49.3 Å². The van der Waals surface area contributed by atoms with Gasteiger partial charge in [0.1, 0.15) is 5.82 Å². The molecule has 2 N–H and O–H groups in total. The Bertz CT molecular complexity index is 379. The van der Waals surface area contributed by atoms with Crippen LogP contribution in [0.1, 0.15) is 25.8 Å². The number of benzene rings is 1. The quantitative estimate of drug-likeness (QED) is 0.801. The number of rotatable bonds is 6. The molecule has 0 radical (unpaired) electrons. The number of carbonyl (C=O) groups is 1. The molecule has 0 saturated carbocycles. The van der Waals surface area contributed by atoms with Crippen molar-refractivity contribution < 1.29 is 14.3 Å². The summed E-state index contributed by atoms with van der Waals surface area (Å²) in [5.74, 6) is -0.916. The molecule has 1 rings (SSSR count). The fourth-order valence-corrected chi connectivity index (χ4v) is 1.61. The van der Waals surface area contributed by atoms with Crippen LogP contribution in [0.2, 0.25) is 0 Å². The molecule has 0 amide bonds. The summed E-state index contributed by atoms with van der Waals surface area (Å²) in [7, 11) is 0. The maximum atomic E-state index is 13.3. The molecule has 3 nitrogen and oxygen atoms in total. The molecular formula is C13H18FNO2. The molecule has 17 heavy (non-hydrogen) atoms. The van der Waals surface area contributed by atoms with Gasteiger partial charge in [-0.3, -0.25) is 4.79 Å². The molecule has 4 heteroatoms. The zero-order valence-electron chi connectivity index (χ0n) is 10.1. The van der Waals surface area contributed by atoms with E-state index in [1.807, 2.05) is 13.8 Å². The third-order valence-corrected chi connectivity index (χ3v) is 2.71. The minimum Gasteiger partial charge on any atom is -0.481 e. The number of halogens is 1. The van der Waals surface area contributed by atoms with Crippen LogP contribution in [0.25, 0.3) is 0 Å². The first kappa shape index (κ1) is 13.6. The molecule has 0 spiro atoms. The highest BCUT2D eigenvalue weighted by molar-refractivity contribution is 5.67. The number of hydrogen-bond donors (Lipinski definition) is 2. The van der Waals surface area contributed by atoms with Crippen LogP contribution < -0.4 is 5.32 Å². The second-order valence-corrected chi connectivity index (χ2v) is 4.42. The van der Waals surface area contributed by atoms with Crippen LogP contribution in [0.4, 0.5) is 4.39 Å². The molecule has 0 fully saturated rings. The largest absolute Gasteiger partial charge is 0.481 e. The van der Waals surface area contributed by atoms with Gasteiger partial charge in [0.25, 0.3) is 0 Å². The number of aliphatic carboxylic acids is 1. The molecule has 0 aliphatic heterocycles. The van der Waals surface area contributed by atoms with Gasteiger partial charge in [-0.15, -0.1) is 0 Å². The summed E-state index contributed by atoms with van der Waals surface area (Å²) in [4.78, 5) is 10.7. The Kier molecular flexibility index (Phi) is 5.10. The first-order valence-electron chi connectivity index (χ1n) is 5.69. The highest BCUT2D eigenvalue weighted by Crippen LogP contribution is 2.10. The molecule has 0 heterocycles. The average Bonchev–Trinajstić information content (AvgIpc) is 2.25. The van der Waals surface area contributed by atoms with Crippen molar-refractivity contribution >= 4 is 5.97 Å². The molecule has 0 aliphatic rings. The van der Waals surface area contributed by atoms with Gasteiger partial charge < -0.3 is 10.4 Å². The van der Waals surface area contributed by atoms with E-state index >= 15 is 0 Å². The summed E-state index contributed by atoms with van der Waals surface area (Å²) in [5.41, 5.74) is 0.559. The zero-order valence-corrected chi connectivity index (χ0v) is 10.1. The highest BCUT2D eigenvalue weighted by atomic mass is 19.1. The second-order valence-electron chi connectivity index (χ2n) is 4.42. The van der Waals surface area contributed by atoms with Crippen molar-refractivity contribution in [2.24, 2.45) is 5.92 Å². The van der Waals surface area contributed by atoms with Gasteiger partial charge in [0.15, 0.2) is 0 Å². The van der Waals surface area contributed by atoms with E-state index in [0.29, 0.717) is 12.1 Å². The predicted octanol–water partition coefficient (Wildman–Crippen LogP) is 2.41. The van der Waals surface area contributed by atoms with Crippen LogP contribution in [-0.4, -0.2) is 17.1 Å². The Morgan fingerprint density at radius 3 is 2.59 bits per heavy atom. The fourth-order valence-electron chi connectivity index (χ4n) is 1.61. The summed E-state index contributed by atoms with van der Waals surface area (Å²) in [6.45, 7) is 4.24. The Hall–Kier alpha value is -1.42. The molecular weight excluding hydrogens is 221 g/mol. The Balaban J connectivity index is 2.58. The van der Waals surface area contributed by atoms with Crippen molar-refractivity contribution in [2.45, 2.75) is 32.9 Å². The third kappa shape index (κ3) is 4.53. The summed E-state index contributed by atoms with van der Waals surface area (Å²) >= 11 is 0. The minimum absolute atomic E-state index is 0.0477. The van der Waals surface area contributed by atoms with Crippen molar-refractivity contribution in [2.75, 3.05) is 0 Å². The van der Waals surface area contributed by atoms with Crippen molar-refractivity contribution in [1.82, 2.24) is 5.32 Å². The Labute approximate surface area is 101 Å². The van der Waals surface area contributed by atoms with Crippen molar-refractivity contribution in [3.05, 3.63) is 35.6 Å². The third-order valence-electron chi connectivity index (χ3n) is 2.71. The van der Waals surface area contributed by atoms with Gasteiger partial charge in [-0.1, -0.05) is 32.0 Å². The molecule has 0 aliphatic carbocycles. The van der Waals surface area contributed by atoms with Crippen molar-refractivity contribution in [3.63, 3.8) is 0 Å². The molecule has 0 unspecified atom stereocenters. The smallest absolute Gasteiger partial charge is 0.304 e. The molecule has 0 aromatic heterocycles. The van der Waals surface area contributed by atoms with E-state index in [0.717, 1.165) is 0 Å². The van der Waals surface area contributed by atoms with Gasteiger partial charge in [0.2, 0.25) is 0 Å². The van der Waals surface area contributed by atoms with Gasteiger partial charge in [0, 0.05) is 18.2 Å². The van der Waals surface area contributed by atoms with Gasteiger partial charge in [-0.2, -0.15) is 0 Å². The van der Waals surface area contributed by atoms with E-state index in [4.69, 9.17) is 5.11 Å². The SMILES string of the molecule is CC(C)[C@@H](CC(=O)O)NCc1ccccc1F. The molecule has 1 aromatic rings. The van der Waals surface area contributed by atoms with Crippen LogP contribution in [0.5, 0.6) is 0 Å². The van der Waals surface area contributed by atoms with Crippen LogP contribution in [0.15, 0.2) is 24.3 Å².